The number of para-hydroxylation sites is 1. The first-order valence-corrected chi connectivity index (χ1v) is 6.43. The summed E-state index contributed by atoms with van der Waals surface area (Å²) in [6, 6.07) is 14.2. The number of hydrogen-bond acceptors (Lipinski definition) is 2. The average molecular weight is 249 g/mol. The summed E-state index contributed by atoms with van der Waals surface area (Å²) in [7, 11) is 1.94. The highest BCUT2D eigenvalue weighted by Crippen LogP contribution is 2.28. The topological polar surface area (TPSA) is 25.2 Å². The molecule has 0 atom stereocenters. The van der Waals surface area contributed by atoms with Crippen LogP contribution in [-0.2, 0) is 0 Å². The van der Waals surface area contributed by atoms with Gasteiger partial charge in [-0.05, 0) is 31.3 Å². The Labute approximate surface area is 112 Å². The second kappa shape index (κ2) is 5.17. The lowest BCUT2D eigenvalue weighted by molar-refractivity contribution is 0.669. The van der Waals surface area contributed by atoms with Gasteiger partial charge in [-0.3, -0.25) is 0 Å². The van der Waals surface area contributed by atoms with E-state index < -0.39 is 0 Å². The Bertz CT molecular complexity index is 774. The second-order valence-corrected chi connectivity index (χ2v) is 4.46. The summed E-state index contributed by atoms with van der Waals surface area (Å²) in [5.74, 6) is 6.36. The first-order chi connectivity index (χ1) is 9.38. The number of hydrogen-bond donors (Lipinski definition) is 1. The van der Waals surface area contributed by atoms with E-state index >= 15 is 0 Å². The SMILES string of the molecule is CNCCC#Cc1ccc2oc3ccccc3c2c1. The highest BCUT2D eigenvalue weighted by Gasteiger charge is 2.05. The maximum Gasteiger partial charge on any atom is 0.135 e. The van der Waals surface area contributed by atoms with Gasteiger partial charge >= 0.3 is 0 Å². The highest BCUT2D eigenvalue weighted by atomic mass is 16.3. The van der Waals surface area contributed by atoms with Crippen molar-refractivity contribution < 1.29 is 4.42 Å². The molecule has 0 spiro atoms. The number of benzene rings is 2. The molecule has 0 unspecified atom stereocenters. The molecule has 0 saturated heterocycles. The zero-order chi connectivity index (χ0) is 13.1. The van der Waals surface area contributed by atoms with Crippen molar-refractivity contribution in [2.75, 3.05) is 13.6 Å². The van der Waals surface area contributed by atoms with E-state index in [9.17, 15) is 0 Å². The molecule has 0 aliphatic heterocycles. The summed E-state index contributed by atoms with van der Waals surface area (Å²) < 4.78 is 5.79. The van der Waals surface area contributed by atoms with Crippen LogP contribution in [0.3, 0.4) is 0 Å². The predicted octanol–water partition coefficient (Wildman–Crippen LogP) is 3.55. The lowest BCUT2D eigenvalue weighted by Gasteiger charge is -1.92. The van der Waals surface area contributed by atoms with Gasteiger partial charge in [0.1, 0.15) is 11.2 Å². The Balaban J connectivity index is 2.03. The lowest BCUT2D eigenvalue weighted by Crippen LogP contribution is -2.05. The maximum absolute atomic E-state index is 5.79. The molecule has 0 radical (unpaired) electrons. The van der Waals surface area contributed by atoms with Crippen molar-refractivity contribution in [2.45, 2.75) is 6.42 Å². The third-order valence-electron chi connectivity index (χ3n) is 3.11. The average Bonchev–Trinajstić information content (AvgIpc) is 2.82. The fraction of sp³-hybridized carbons (Fsp3) is 0.176. The molecule has 0 fully saturated rings. The fourth-order valence-electron chi connectivity index (χ4n) is 2.16. The van der Waals surface area contributed by atoms with E-state index in [1.165, 1.54) is 0 Å². The van der Waals surface area contributed by atoms with Gasteiger partial charge in [-0.1, -0.05) is 30.0 Å². The molecule has 1 heterocycles. The molecule has 0 aliphatic carbocycles. The van der Waals surface area contributed by atoms with E-state index in [0.29, 0.717) is 0 Å². The molecule has 1 aromatic heterocycles. The smallest absolute Gasteiger partial charge is 0.135 e. The largest absolute Gasteiger partial charge is 0.456 e. The van der Waals surface area contributed by atoms with E-state index in [1.54, 1.807) is 0 Å². The number of rotatable bonds is 2. The van der Waals surface area contributed by atoms with Crippen molar-refractivity contribution in [3.05, 3.63) is 48.0 Å². The summed E-state index contributed by atoms with van der Waals surface area (Å²) >= 11 is 0. The zero-order valence-electron chi connectivity index (χ0n) is 10.9. The lowest BCUT2D eigenvalue weighted by atomic mass is 10.1. The van der Waals surface area contributed by atoms with Gasteiger partial charge in [0.05, 0.1) is 0 Å². The first-order valence-electron chi connectivity index (χ1n) is 6.43. The van der Waals surface area contributed by atoms with Crippen molar-refractivity contribution in [3.63, 3.8) is 0 Å². The fourth-order valence-corrected chi connectivity index (χ4v) is 2.16. The predicted molar refractivity (Wildman–Crippen MR) is 79.1 cm³/mol. The molecule has 0 bridgehead atoms. The van der Waals surface area contributed by atoms with Crippen LogP contribution in [-0.4, -0.2) is 13.6 Å². The zero-order valence-corrected chi connectivity index (χ0v) is 10.9. The summed E-state index contributed by atoms with van der Waals surface area (Å²) in [4.78, 5) is 0. The van der Waals surface area contributed by atoms with Crippen molar-refractivity contribution in [1.82, 2.24) is 5.32 Å². The van der Waals surface area contributed by atoms with Crippen LogP contribution >= 0.6 is 0 Å². The number of fused-ring (bicyclic) bond motifs is 3. The van der Waals surface area contributed by atoms with Crippen molar-refractivity contribution in [1.29, 1.82) is 0 Å². The van der Waals surface area contributed by atoms with E-state index in [2.05, 4.69) is 29.3 Å². The minimum Gasteiger partial charge on any atom is -0.456 e. The molecule has 3 aromatic rings. The van der Waals surface area contributed by atoms with Crippen LogP contribution in [0.15, 0.2) is 46.9 Å². The monoisotopic (exact) mass is 249 g/mol. The maximum atomic E-state index is 5.79. The molecule has 1 N–H and O–H groups in total. The van der Waals surface area contributed by atoms with E-state index in [1.807, 2.05) is 37.4 Å². The highest BCUT2D eigenvalue weighted by molar-refractivity contribution is 6.05. The van der Waals surface area contributed by atoms with E-state index in [0.717, 1.165) is 40.5 Å². The van der Waals surface area contributed by atoms with Crippen LogP contribution in [0.1, 0.15) is 12.0 Å². The van der Waals surface area contributed by atoms with Gasteiger partial charge in [0.15, 0.2) is 0 Å². The standard InChI is InChI=1S/C17H15NO/c1-18-11-5-4-6-13-9-10-17-15(12-13)14-7-2-3-8-16(14)19-17/h2-3,7-10,12,18H,5,11H2,1H3. The van der Waals surface area contributed by atoms with Crippen LogP contribution in [0.5, 0.6) is 0 Å². The molecular formula is C17H15NO. The molecule has 2 heteroatoms. The molecule has 2 aromatic carbocycles. The van der Waals surface area contributed by atoms with Gasteiger partial charge in [0.25, 0.3) is 0 Å². The first kappa shape index (κ1) is 11.8. The van der Waals surface area contributed by atoms with Gasteiger partial charge in [-0.25, -0.2) is 0 Å². The van der Waals surface area contributed by atoms with Gasteiger partial charge in [0.2, 0.25) is 0 Å². The van der Waals surface area contributed by atoms with Crippen molar-refractivity contribution in [2.24, 2.45) is 0 Å². The summed E-state index contributed by atoms with van der Waals surface area (Å²) in [6.07, 6.45) is 0.862. The van der Waals surface area contributed by atoms with Gasteiger partial charge in [0, 0.05) is 29.3 Å². The van der Waals surface area contributed by atoms with E-state index in [-0.39, 0.29) is 0 Å². The molecule has 0 amide bonds. The molecule has 0 aliphatic rings. The summed E-state index contributed by atoms with van der Waals surface area (Å²) in [6.45, 7) is 0.921. The Hall–Kier alpha value is -2.24. The Morgan fingerprint density at radius 3 is 2.79 bits per heavy atom. The second-order valence-electron chi connectivity index (χ2n) is 4.46. The number of furan rings is 1. The van der Waals surface area contributed by atoms with Gasteiger partial charge in [-0.15, -0.1) is 0 Å². The van der Waals surface area contributed by atoms with Crippen LogP contribution in [0.4, 0.5) is 0 Å². The van der Waals surface area contributed by atoms with Crippen molar-refractivity contribution in [3.8, 4) is 11.8 Å². The van der Waals surface area contributed by atoms with E-state index in [4.69, 9.17) is 4.42 Å². The minimum atomic E-state index is 0.862. The summed E-state index contributed by atoms with van der Waals surface area (Å²) in [5.41, 5.74) is 2.88. The van der Waals surface area contributed by atoms with Gasteiger partial charge < -0.3 is 9.73 Å². The van der Waals surface area contributed by atoms with Crippen LogP contribution in [0.25, 0.3) is 21.9 Å². The normalized spacial score (nSPS) is 10.6. The third kappa shape index (κ3) is 2.33. The van der Waals surface area contributed by atoms with Crippen LogP contribution in [0.2, 0.25) is 0 Å². The van der Waals surface area contributed by atoms with Gasteiger partial charge in [-0.2, -0.15) is 0 Å². The molecule has 2 nitrogen and oxygen atoms in total. The molecule has 0 saturated carbocycles. The third-order valence-corrected chi connectivity index (χ3v) is 3.11. The molecule has 94 valence electrons. The molecule has 3 rings (SSSR count). The summed E-state index contributed by atoms with van der Waals surface area (Å²) in [5, 5.41) is 5.37. The van der Waals surface area contributed by atoms with Crippen molar-refractivity contribution >= 4 is 21.9 Å². The Kier molecular flexibility index (Phi) is 3.22. The minimum absolute atomic E-state index is 0.862. The molecule has 19 heavy (non-hydrogen) atoms. The molecular weight excluding hydrogens is 234 g/mol. The Morgan fingerprint density at radius 1 is 1.05 bits per heavy atom. The van der Waals surface area contributed by atoms with Crippen LogP contribution in [0, 0.1) is 11.8 Å². The number of nitrogens with one attached hydrogen (secondary N) is 1. The Morgan fingerprint density at radius 2 is 1.89 bits per heavy atom. The quantitative estimate of drug-likeness (QED) is 0.555. The van der Waals surface area contributed by atoms with Crippen LogP contribution < -0.4 is 5.32 Å².